The van der Waals surface area contributed by atoms with Gasteiger partial charge in [0.2, 0.25) is 6.85 Å². The van der Waals surface area contributed by atoms with Crippen molar-refractivity contribution in [3.8, 4) is 0 Å². The van der Waals surface area contributed by atoms with Gasteiger partial charge >= 0.3 is 0 Å². The quantitative estimate of drug-likeness (QED) is 0.584. The maximum atomic E-state index is 2.71. The molecule has 1 atom stereocenters. The highest BCUT2D eigenvalue weighted by molar-refractivity contribution is 6.55. The Morgan fingerprint density at radius 2 is 2.08 bits per heavy atom. The average Bonchev–Trinajstić information content (AvgIpc) is 2.16. The van der Waals surface area contributed by atoms with Crippen molar-refractivity contribution < 1.29 is 0 Å². The van der Waals surface area contributed by atoms with Gasteiger partial charge in [-0.05, 0) is 25.4 Å². The molecule has 12 heavy (non-hydrogen) atoms. The van der Waals surface area contributed by atoms with Crippen LogP contribution in [0.15, 0.2) is 0 Å². The maximum Gasteiger partial charge on any atom is 0.223 e. The van der Waals surface area contributed by atoms with E-state index in [0.717, 1.165) is 12.9 Å². The molecule has 1 fully saturated rings. The molecule has 1 saturated heterocycles. The Morgan fingerprint density at radius 3 is 2.67 bits per heavy atom. The minimum atomic E-state index is 0.801. The smallest absolute Gasteiger partial charge is 0.223 e. The Labute approximate surface area is 77.6 Å². The lowest BCUT2D eigenvalue weighted by atomic mass is 9.51. The molecule has 0 spiro atoms. The summed E-state index contributed by atoms with van der Waals surface area (Å²) in [6, 6.07) is 0.801. The summed E-state index contributed by atoms with van der Waals surface area (Å²) < 4.78 is 0. The first-order chi connectivity index (χ1) is 5.79. The zero-order valence-corrected chi connectivity index (χ0v) is 8.84. The van der Waals surface area contributed by atoms with Gasteiger partial charge in [0.15, 0.2) is 0 Å². The molecule has 70 valence electrons. The molecule has 2 heteroatoms. The van der Waals surface area contributed by atoms with Crippen molar-refractivity contribution in [3.63, 3.8) is 0 Å². The summed E-state index contributed by atoms with van der Waals surface area (Å²) in [4.78, 5) is 2.71. The minimum absolute atomic E-state index is 0.801. The van der Waals surface area contributed by atoms with Crippen molar-refractivity contribution in [1.82, 2.24) is 4.81 Å². The molecule has 1 aliphatic rings. The third kappa shape index (κ3) is 2.26. The fourth-order valence-corrected chi connectivity index (χ4v) is 2.28. The van der Waals surface area contributed by atoms with Gasteiger partial charge < -0.3 is 4.81 Å². The molecular weight excluding hydrogens is 145 g/mol. The van der Waals surface area contributed by atoms with E-state index < -0.39 is 0 Å². The predicted octanol–water partition coefficient (Wildman–Crippen LogP) is 2.89. The van der Waals surface area contributed by atoms with E-state index >= 15 is 0 Å². The molecule has 0 saturated carbocycles. The first kappa shape index (κ1) is 10.1. The first-order valence-electron chi connectivity index (χ1n) is 5.55. The van der Waals surface area contributed by atoms with Crippen molar-refractivity contribution in [3.05, 3.63) is 0 Å². The van der Waals surface area contributed by atoms with Crippen LogP contribution < -0.4 is 0 Å². The maximum absolute atomic E-state index is 2.71. The van der Waals surface area contributed by atoms with E-state index in [-0.39, 0.29) is 0 Å². The number of hydrogen-bond donors (Lipinski definition) is 0. The van der Waals surface area contributed by atoms with Crippen LogP contribution in [0.25, 0.3) is 0 Å². The van der Waals surface area contributed by atoms with E-state index in [4.69, 9.17) is 0 Å². The van der Waals surface area contributed by atoms with Gasteiger partial charge in [0.25, 0.3) is 0 Å². The van der Waals surface area contributed by atoms with Crippen LogP contribution in [0.2, 0.25) is 12.6 Å². The minimum Gasteiger partial charge on any atom is -0.339 e. The highest BCUT2D eigenvalue weighted by Crippen LogP contribution is 2.20. The van der Waals surface area contributed by atoms with Crippen LogP contribution in [-0.2, 0) is 0 Å². The van der Waals surface area contributed by atoms with E-state index in [1.807, 2.05) is 0 Å². The van der Waals surface area contributed by atoms with Crippen LogP contribution in [0.4, 0.5) is 0 Å². The fraction of sp³-hybridized carbons (Fsp3) is 1.00. The Balaban J connectivity index is 2.46. The van der Waals surface area contributed by atoms with Gasteiger partial charge in [-0.2, -0.15) is 0 Å². The van der Waals surface area contributed by atoms with Crippen molar-refractivity contribution in [1.29, 1.82) is 0 Å². The molecule has 0 aliphatic carbocycles. The molecule has 1 unspecified atom stereocenters. The van der Waals surface area contributed by atoms with E-state index in [1.54, 1.807) is 0 Å². The molecule has 0 amide bonds. The molecule has 0 aromatic carbocycles. The summed E-state index contributed by atoms with van der Waals surface area (Å²) in [6.45, 7) is 9.22. The zero-order valence-electron chi connectivity index (χ0n) is 8.84. The Kier molecular flexibility index (Phi) is 4.13. The summed E-state index contributed by atoms with van der Waals surface area (Å²) in [5, 5.41) is 0. The Morgan fingerprint density at radius 1 is 1.33 bits per heavy atom. The number of rotatable bonds is 3. The van der Waals surface area contributed by atoms with Gasteiger partial charge in [-0.15, -0.1) is 0 Å². The molecule has 1 aliphatic heterocycles. The highest BCUT2D eigenvalue weighted by atomic mass is 15.1. The van der Waals surface area contributed by atoms with E-state index in [2.05, 4.69) is 25.6 Å². The largest absolute Gasteiger partial charge is 0.339 e. The van der Waals surface area contributed by atoms with Gasteiger partial charge in [-0.3, -0.25) is 0 Å². The van der Waals surface area contributed by atoms with Gasteiger partial charge in [0.1, 0.15) is 0 Å². The molecule has 1 nitrogen and oxygen atoms in total. The summed E-state index contributed by atoms with van der Waals surface area (Å²) in [6.07, 6.45) is 6.94. The molecule has 0 aromatic heterocycles. The summed E-state index contributed by atoms with van der Waals surface area (Å²) in [7, 11) is 0. The Bertz CT molecular complexity index is 127. The third-order valence-corrected chi connectivity index (χ3v) is 3.30. The highest BCUT2D eigenvalue weighted by Gasteiger charge is 2.26. The van der Waals surface area contributed by atoms with Crippen molar-refractivity contribution >= 4 is 6.85 Å². The lowest BCUT2D eigenvalue weighted by Crippen LogP contribution is -2.47. The van der Waals surface area contributed by atoms with Crippen molar-refractivity contribution in [2.75, 3.05) is 6.54 Å². The van der Waals surface area contributed by atoms with Crippen LogP contribution in [0.5, 0.6) is 0 Å². The average molecular weight is 167 g/mol. The van der Waals surface area contributed by atoms with E-state index in [9.17, 15) is 0 Å². The molecule has 0 N–H and O–H groups in total. The lowest BCUT2D eigenvalue weighted by Gasteiger charge is -2.37. The predicted molar refractivity (Wildman–Crippen MR) is 56.7 cm³/mol. The van der Waals surface area contributed by atoms with Gasteiger partial charge in [-0.1, -0.05) is 39.8 Å². The monoisotopic (exact) mass is 167 g/mol. The third-order valence-electron chi connectivity index (χ3n) is 3.30. The standard InChI is InChI=1S/C10H22BN/c1-4-10(3)12-9-7-6-8-11(12)5-2/h10H,4-9H2,1-3H3. The van der Waals surface area contributed by atoms with E-state index in [1.165, 1.54) is 38.4 Å². The Hall–Kier alpha value is 0.0249. The number of hydrogen-bond acceptors (Lipinski definition) is 1. The zero-order chi connectivity index (χ0) is 8.97. The van der Waals surface area contributed by atoms with Gasteiger partial charge in [-0.25, -0.2) is 0 Å². The normalized spacial score (nSPS) is 22.8. The lowest BCUT2D eigenvalue weighted by molar-refractivity contribution is 0.309. The second kappa shape index (κ2) is 4.91. The summed E-state index contributed by atoms with van der Waals surface area (Å²) >= 11 is 0. The first-order valence-corrected chi connectivity index (χ1v) is 5.55. The van der Waals surface area contributed by atoms with Crippen molar-refractivity contribution in [2.45, 2.75) is 58.7 Å². The SMILES string of the molecule is CCB1CCCCN1C(C)CC. The van der Waals surface area contributed by atoms with E-state index in [0.29, 0.717) is 0 Å². The van der Waals surface area contributed by atoms with Gasteiger partial charge in [0, 0.05) is 0 Å². The molecule has 0 aromatic rings. The van der Waals surface area contributed by atoms with Crippen LogP contribution in [0.1, 0.15) is 40.0 Å². The van der Waals surface area contributed by atoms with Crippen LogP contribution in [0.3, 0.4) is 0 Å². The van der Waals surface area contributed by atoms with Crippen molar-refractivity contribution in [2.24, 2.45) is 0 Å². The molecule has 0 bridgehead atoms. The second-order valence-electron chi connectivity index (χ2n) is 4.05. The topological polar surface area (TPSA) is 3.24 Å². The summed E-state index contributed by atoms with van der Waals surface area (Å²) in [5.41, 5.74) is 0. The molecule has 1 heterocycles. The van der Waals surface area contributed by atoms with Gasteiger partial charge in [0.05, 0.1) is 0 Å². The number of nitrogens with zero attached hydrogens (tertiary/aromatic N) is 1. The van der Waals surface area contributed by atoms with Crippen LogP contribution in [0, 0.1) is 0 Å². The molecule has 0 radical (unpaired) electrons. The molecular formula is C10H22BN. The molecule has 1 rings (SSSR count). The fourth-order valence-electron chi connectivity index (χ4n) is 2.28. The second-order valence-corrected chi connectivity index (χ2v) is 4.05. The van der Waals surface area contributed by atoms with Crippen LogP contribution in [-0.4, -0.2) is 24.2 Å². The van der Waals surface area contributed by atoms with Crippen LogP contribution >= 0.6 is 0 Å². The summed E-state index contributed by atoms with van der Waals surface area (Å²) in [5.74, 6) is 0.